The van der Waals surface area contributed by atoms with Gasteiger partial charge >= 0.3 is 6.18 Å². The summed E-state index contributed by atoms with van der Waals surface area (Å²) in [5.41, 5.74) is 0.0907. The monoisotopic (exact) mass is 339 g/mol. The summed E-state index contributed by atoms with van der Waals surface area (Å²) in [6.07, 6.45) is -2.63. The highest BCUT2D eigenvalue weighted by Crippen LogP contribution is 2.37. The van der Waals surface area contributed by atoms with E-state index in [4.69, 9.17) is 0 Å². The van der Waals surface area contributed by atoms with Crippen LogP contribution in [0.4, 0.5) is 19.0 Å². The third-order valence-corrected chi connectivity index (χ3v) is 4.89. The van der Waals surface area contributed by atoms with E-state index in [9.17, 15) is 13.2 Å². The Labute approximate surface area is 133 Å². The van der Waals surface area contributed by atoms with Crippen LogP contribution in [-0.2, 0) is 6.18 Å². The normalized spacial score (nSPS) is 18.9. The van der Waals surface area contributed by atoms with Gasteiger partial charge in [0.1, 0.15) is 5.82 Å². The van der Waals surface area contributed by atoms with Crippen molar-refractivity contribution in [2.75, 3.05) is 11.4 Å². The predicted octanol–water partition coefficient (Wildman–Crippen LogP) is 3.55. The van der Waals surface area contributed by atoms with Crippen LogP contribution in [0.15, 0.2) is 29.6 Å². The van der Waals surface area contributed by atoms with Gasteiger partial charge in [-0.3, -0.25) is 0 Å². The average molecular weight is 339 g/mol. The number of nitrogens with zero attached hydrogens (tertiary/aromatic N) is 5. The second-order valence-corrected chi connectivity index (χ2v) is 6.33. The Bertz CT molecular complexity index is 827. The molecule has 0 bridgehead atoms. The van der Waals surface area contributed by atoms with E-state index < -0.39 is 12.0 Å². The molecule has 23 heavy (non-hydrogen) atoms. The molecule has 5 nitrogen and oxygen atoms in total. The third-order valence-electron chi connectivity index (χ3n) is 3.92. The van der Waals surface area contributed by atoms with Crippen molar-refractivity contribution in [3.8, 4) is 0 Å². The summed E-state index contributed by atoms with van der Waals surface area (Å²) < 4.78 is 39.7. The Hall–Kier alpha value is -2.16. The van der Waals surface area contributed by atoms with Gasteiger partial charge in [0.05, 0.1) is 6.04 Å². The van der Waals surface area contributed by atoms with Gasteiger partial charge in [-0.05, 0) is 36.4 Å². The summed E-state index contributed by atoms with van der Waals surface area (Å²) in [6, 6.07) is 7.41. The van der Waals surface area contributed by atoms with E-state index in [1.165, 1.54) is 10.9 Å². The molecule has 0 amide bonds. The Morgan fingerprint density at radius 1 is 1.17 bits per heavy atom. The number of aromatic nitrogens is 4. The van der Waals surface area contributed by atoms with Crippen LogP contribution in [0, 0.1) is 0 Å². The number of anilines is 1. The van der Waals surface area contributed by atoms with E-state index in [1.807, 2.05) is 22.4 Å². The molecule has 0 saturated carbocycles. The highest BCUT2D eigenvalue weighted by Gasteiger charge is 2.38. The molecule has 1 saturated heterocycles. The molecule has 0 N–H and O–H groups in total. The van der Waals surface area contributed by atoms with Crippen molar-refractivity contribution < 1.29 is 13.2 Å². The summed E-state index contributed by atoms with van der Waals surface area (Å²) in [5.74, 6) is -0.583. The summed E-state index contributed by atoms with van der Waals surface area (Å²) in [6.45, 7) is 0.768. The minimum Gasteiger partial charge on any atom is -0.347 e. The van der Waals surface area contributed by atoms with Gasteiger partial charge < -0.3 is 4.90 Å². The van der Waals surface area contributed by atoms with E-state index in [0.29, 0.717) is 5.82 Å². The Balaban J connectivity index is 1.77. The highest BCUT2D eigenvalue weighted by atomic mass is 32.1. The van der Waals surface area contributed by atoms with Crippen molar-refractivity contribution in [1.82, 2.24) is 19.8 Å². The van der Waals surface area contributed by atoms with Crippen molar-refractivity contribution in [2.24, 2.45) is 0 Å². The first kappa shape index (κ1) is 14.4. The number of fused-ring (bicyclic) bond motifs is 1. The number of hydrogen-bond acceptors (Lipinski definition) is 5. The van der Waals surface area contributed by atoms with E-state index in [0.717, 1.165) is 23.9 Å². The number of rotatable bonds is 2. The summed E-state index contributed by atoms with van der Waals surface area (Å²) in [4.78, 5) is 3.25. The molecule has 0 aliphatic carbocycles. The highest BCUT2D eigenvalue weighted by molar-refractivity contribution is 7.10. The van der Waals surface area contributed by atoms with E-state index in [2.05, 4.69) is 15.3 Å². The number of alkyl halides is 3. The molecule has 1 fully saturated rings. The van der Waals surface area contributed by atoms with Crippen molar-refractivity contribution in [3.63, 3.8) is 0 Å². The second-order valence-electron chi connectivity index (χ2n) is 5.35. The molecule has 0 spiro atoms. The zero-order chi connectivity index (χ0) is 16.0. The molecule has 1 atom stereocenters. The van der Waals surface area contributed by atoms with Crippen molar-refractivity contribution in [1.29, 1.82) is 0 Å². The maximum Gasteiger partial charge on any atom is 0.453 e. The molecule has 3 aromatic heterocycles. The standard InChI is InChI=1S/C14H12F3N5S/c15-14(16,17)13-19-18-11-5-6-12(20-22(11)13)21-7-1-3-9(21)10-4-2-8-23-10/h2,4-6,8-9H,1,3,7H2/t9-/m1/s1. The van der Waals surface area contributed by atoms with Crippen LogP contribution in [0.3, 0.4) is 0 Å². The lowest BCUT2D eigenvalue weighted by atomic mass is 10.2. The lowest BCUT2D eigenvalue weighted by Gasteiger charge is -2.24. The predicted molar refractivity (Wildman–Crippen MR) is 79.4 cm³/mol. The summed E-state index contributed by atoms with van der Waals surface area (Å²) >= 11 is 1.65. The van der Waals surface area contributed by atoms with Crippen molar-refractivity contribution in [3.05, 3.63) is 40.3 Å². The molecule has 0 unspecified atom stereocenters. The van der Waals surface area contributed by atoms with E-state index in [1.54, 1.807) is 17.4 Å². The Kier molecular flexibility index (Phi) is 3.26. The maximum atomic E-state index is 13.0. The molecule has 0 radical (unpaired) electrons. The van der Waals surface area contributed by atoms with Crippen LogP contribution in [0.1, 0.15) is 29.6 Å². The van der Waals surface area contributed by atoms with Gasteiger partial charge in [-0.1, -0.05) is 6.07 Å². The number of halogens is 3. The number of hydrogen-bond donors (Lipinski definition) is 0. The first-order chi connectivity index (χ1) is 11.0. The average Bonchev–Trinajstić information content (AvgIpc) is 3.24. The fraction of sp³-hybridized carbons (Fsp3) is 0.357. The molecule has 1 aliphatic rings. The van der Waals surface area contributed by atoms with Crippen LogP contribution in [0.25, 0.3) is 5.65 Å². The van der Waals surface area contributed by atoms with Crippen LogP contribution in [0.5, 0.6) is 0 Å². The Morgan fingerprint density at radius 3 is 2.78 bits per heavy atom. The largest absolute Gasteiger partial charge is 0.453 e. The minimum atomic E-state index is -4.58. The molecule has 3 aromatic rings. The van der Waals surface area contributed by atoms with Crippen molar-refractivity contribution in [2.45, 2.75) is 25.1 Å². The molecular weight excluding hydrogens is 327 g/mol. The quantitative estimate of drug-likeness (QED) is 0.716. The molecule has 0 aromatic carbocycles. The summed E-state index contributed by atoms with van der Waals surface area (Å²) in [5, 5.41) is 12.9. The lowest BCUT2D eigenvalue weighted by Crippen LogP contribution is -2.24. The van der Waals surface area contributed by atoms with Gasteiger partial charge in [0.25, 0.3) is 5.82 Å². The molecule has 4 heterocycles. The molecular formula is C14H12F3N5S. The minimum absolute atomic E-state index is 0.0907. The zero-order valence-corrected chi connectivity index (χ0v) is 12.7. The summed E-state index contributed by atoms with van der Waals surface area (Å²) in [7, 11) is 0. The fourth-order valence-corrected chi connectivity index (χ4v) is 3.80. The second kappa shape index (κ2) is 5.19. The zero-order valence-electron chi connectivity index (χ0n) is 11.9. The van der Waals surface area contributed by atoms with Gasteiger partial charge in [-0.25, -0.2) is 0 Å². The molecule has 4 rings (SSSR count). The van der Waals surface area contributed by atoms with Gasteiger partial charge in [-0.2, -0.15) is 17.7 Å². The van der Waals surface area contributed by atoms with E-state index in [-0.39, 0.29) is 11.7 Å². The lowest BCUT2D eigenvalue weighted by molar-refractivity contribution is -0.146. The first-order valence-corrected chi connectivity index (χ1v) is 8.02. The maximum absolute atomic E-state index is 13.0. The Morgan fingerprint density at radius 2 is 2.04 bits per heavy atom. The van der Waals surface area contributed by atoms with Crippen LogP contribution in [-0.4, -0.2) is 26.4 Å². The van der Waals surface area contributed by atoms with Crippen LogP contribution >= 0.6 is 11.3 Å². The van der Waals surface area contributed by atoms with Gasteiger partial charge in [0.2, 0.25) is 0 Å². The number of thiophene rings is 1. The van der Waals surface area contributed by atoms with Crippen molar-refractivity contribution >= 4 is 22.8 Å². The van der Waals surface area contributed by atoms with Crippen LogP contribution in [0.2, 0.25) is 0 Å². The SMILES string of the molecule is FC(F)(F)c1nnc2ccc(N3CCC[C@@H]3c3cccs3)nn12. The fourth-order valence-electron chi connectivity index (χ4n) is 2.93. The van der Waals surface area contributed by atoms with Crippen LogP contribution < -0.4 is 4.90 Å². The molecule has 120 valence electrons. The smallest absolute Gasteiger partial charge is 0.347 e. The van der Waals surface area contributed by atoms with Gasteiger partial charge in [-0.15, -0.1) is 26.6 Å². The van der Waals surface area contributed by atoms with E-state index >= 15 is 0 Å². The van der Waals surface area contributed by atoms with Gasteiger partial charge in [0, 0.05) is 11.4 Å². The topological polar surface area (TPSA) is 46.3 Å². The van der Waals surface area contributed by atoms with Gasteiger partial charge in [0.15, 0.2) is 5.65 Å². The molecule has 1 aliphatic heterocycles. The third kappa shape index (κ3) is 2.44. The molecule has 9 heteroatoms. The first-order valence-electron chi connectivity index (χ1n) is 7.14.